The maximum absolute atomic E-state index is 11.6. The summed E-state index contributed by atoms with van der Waals surface area (Å²) in [5.74, 6) is 0.389. The lowest BCUT2D eigenvalue weighted by atomic mass is 9.92. The zero-order chi connectivity index (χ0) is 13.9. The Morgan fingerprint density at radius 3 is 2.33 bits per heavy atom. The smallest absolute Gasteiger partial charge is 0.237 e. The second-order valence-corrected chi connectivity index (χ2v) is 6.32. The Morgan fingerprint density at radius 2 is 2.00 bits per heavy atom. The lowest BCUT2D eigenvalue weighted by Gasteiger charge is -2.36. The van der Waals surface area contributed by atoms with Crippen molar-refractivity contribution in [3.8, 4) is 0 Å². The third-order valence-electron chi connectivity index (χ3n) is 3.96. The topological polar surface area (TPSA) is 58.4 Å². The minimum absolute atomic E-state index is 0.267. The Balaban J connectivity index is 2.65. The largest absolute Gasteiger partial charge is 0.368 e. The van der Waals surface area contributed by atoms with E-state index in [1.807, 2.05) is 6.92 Å². The molecule has 0 saturated heterocycles. The fourth-order valence-electron chi connectivity index (χ4n) is 2.55. The normalized spacial score (nSPS) is 21.1. The van der Waals surface area contributed by atoms with E-state index in [1.165, 1.54) is 12.8 Å². The number of hydrogen-bond donors (Lipinski definition) is 2. The zero-order valence-electron chi connectivity index (χ0n) is 12.5. The van der Waals surface area contributed by atoms with Gasteiger partial charge in [0, 0.05) is 18.6 Å². The molecular weight excluding hydrogens is 226 g/mol. The average Bonchev–Trinajstić information content (AvgIpc) is 3.08. The first-order chi connectivity index (χ1) is 8.30. The SMILES string of the molecule is CNC(C)(CC(C)N(CC(C)C)C1CC1)C(N)=O. The maximum atomic E-state index is 11.6. The van der Waals surface area contributed by atoms with Gasteiger partial charge in [0.15, 0.2) is 0 Å². The molecule has 2 atom stereocenters. The van der Waals surface area contributed by atoms with E-state index < -0.39 is 5.54 Å². The van der Waals surface area contributed by atoms with Gasteiger partial charge < -0.3 is 11.1 Å². The molecule has 4 nitrogen and oxygen atoms in total. The number of carbonyl (C=O) groups excluding carboxylic acids is 1. The number of primary amides is 1. The molecule has 1 fully saturated rings. The van der Waals surface area contributed by atoms with Crippen LogP contribution in [0.25, 0.3) is 0 Å². The van der Waals surface area contributed by atoms with E-state index in [0.717, 1.165) is 19.0 Å². The van der Waals surface area contributed by atoms with Gasteiger partial charge in [-0.05, 0) is 46.1 Å². The van der Waals surface area contributed by atoms with Crippen LogP contribution in [0, 0.1) is 5.92 Å². The number of carbonyl (C=O) groups is 1. The molecule has 18 heavy (non-hydrogen) atoms. The first-order valence-electron chi connectivity index (χ1n) is 7.04. The standard InChI is InChI=1S/C14H29N3O/c1-10(2)9-17(12-6-7-12)11(3)8-14(4,16-5)13(15)18/h10-12,16H,6-9H2,1-5H3,(H2,15,18). The van der Waals surface area contributed by atoms with Gasteiger partial charge >= 0.3 is 0 Å². The van der Waals surface area contributed by atoms with Gasteiger partial charge in [-0.2, -0.15) is 0 Å². The summed E-state index contributed by atoms with van der Waals surface area (Å²) < 4.78 is 0. The summed E-state index contributed by atoms with van der Waals surface area (Å²) in [7, 11) is 1.81. The van der Waals surface area contributed by atoms with Gasteiger partial charge in [-0.25, -0.2) is 0 Å². The summed E-state index contributed by atoms with van der Waals surface area (Å²) in [5, 5.41) is 3.08. The molecule has 2 unspecified atom stereocenters. The summed E-state index contributed by atoms with van der Waals surface area (Å²) in [6.45, 7) is 9.69. The average molecular weight is 255 g/mol. The number of likely N-dealkylation sites (N-methyl/N-ethyl adjacent to an activating group) is 1. The van der Waals surface area contributed by atoms with Crippen molar-refractivity contribution in [1.29, 1.82) is 0 Å². The summed E-state index contributed by atoms with van der Waals surface area (Å²) >= 11 is 0. The highest BCUT2D eigenvalue weighted by Crippen LogP contribution is 2.31. The first kappa shape index (κ1) is 15.4. The summed E-state index contributed by atoms with van der Waals surface area (Å²) in [6.07, 6.45) is 3.36. The lowest BCUT2D eigenvalue weighted by molar-refractivity contribution is -0.124. The monoisotopic (exact) mass is 255 g/mol. The van der Waals surface area contributed by atoms with E-state index in [1.54, 1.807) is 7.05 Å². The van der Waals surface area contributed by atoms with Crippen LogP contribution in [0.15, 0.2) is 0 Å². The van der Waals surface area contributed by atoms with Crippen molar-refractivity contribution in [1.82, 2.24) is 10.2 Å². The highest BCUT2D eigenvalue weighted by molar-refractivity contribution is 5.84. The van der Waals surface area contributed by atoms with Crippen LogP contribution in [0.4, 0.5) is 0 Å². The van der Waals surface area contributed by atoms with Crippen LogP contribution in [0.5, 0.6) is 0 Å². The molecule has 3 N–H and O–H groups in total. The fraction of sp³-hybridized carbons (Fsp3) is 0.929. The molecular formula is C14H29N3O. The molecule has 0 aromatic heterocycles. The number of hydrogen-bond acceptors (Lipinski definition) is 3. The van der Waals surface area contributed by atoms with Crippen LogP contribution in [-0.2, 0) is 4.79 Å². The van der Waals surface area contributed by atoms with E-state index in [9.17, 15) is 4.79 Å². The van der Waals surface area contributed by atoms with E-state index in [-0.39, 0.29) is 5.91 Å². The number of amides is 1. The van der Waals surface area contributed by atoms with Crippen LogP contribution in [0.3, 0.4) is 0 Å². The van der Waals surface area contributed by atoms with Crippen molar-refractivity contribution < 1.29 is 4.79 Å². The maximum Gasteiger partial charge on any atom is 0.237 e. The summed E-state index contributed by atoms with van der Waals surface area (Å²) in [4.78, 5) is 14.1. The zero-order valence-corrected chi connectivity index (χ0v) is 12.5. The van der Waals surface area contributed by atoms with Crippen LogP contribution < -0.4 is 11.1 Å². The van der Waals surface area contributed by atoms with Gasteiger partial charge in [-0.3, -0.25) is 9.69 Å². The van der Waals surface area contributed by atoms with Gasteiger partial charge in [0.1, 0.15) is 0 Å². The third kappa shape index (κ3) is 3.95. The molecule has 1 amide bonds. The second-order valence-electron chi connectivity index (χ2n) is 6.32. The van der Waals surface area contributed by atoms with E-state index in [2.05, 4.69) is 31.0 Å². The molecule has 0 aromatic rings. The molecule has 0 aromatic carbocycles. The van der Waals surface area contributed by atoms with Gasteiger partial charge in [0.2, 0.25) is 5.91 Å². The van der Waals surface area contributed by atoms with Crippen molar-refractivity contribution >= 4 is 5.91 Å². The Labute approximate surface area is 111 Å². The highest BCUT2D eigenvalue weighted by atomic mass is 16.1. The van der Waals surface area contributed by atoms with Gasteiger partial charge in [0.25, 0.3) is 0 Å². The molecule has 1 rings (SSSR count). The molecule has 4 heteroatoms. The second kappa shape index (κ2) is 6.02. The minimum atomic E-state index is -0.608. The van der Waals surface area contributed by atoms with Gasteiger partial charge in [0.05, 0.1) is 5.54 Å². The Kier molecular flexibility index (Phi) is 5.17. The minimum Gasteiger partial charge on any atom is -0.368 e. The quantitative estimate of drug-likeness (QED) is 0.688. The van der Waals surface area contributed by atoms with Gasteiger partial charge in [-0.1, -0.05) is 13.8 Å². The third-order valence-corrected chi connectivity index (χ3v) is 3.96. The molecule has 0 bridgehead atoms. The number of nitrogens with one attached hydrogen (secondary N) is 1. The van der Waals surface area contributed by atoms with E-state index in [0.29, 0.717) is 12.0 Å². The van der Waals surface area contributed by atoms with Gasteiger partial charge in [-0.15, -0.1) is 0 Å². The Hall–Kier alpha value is -0.610. The van der Waals surface area contributed by atoms with Crippen molar-refractivity contribution in [3.05, 3.63) is 0 Å². The van der Waals surface area contributed by atoms with Crippen LogP contribution in [0.1, 0.15) is 47.0 Å². The van der Waals surface area contributed by atoms with E-state index in [4.69, 9.17) is 5.73 Å². The highest BCUT2D eigenvalue weighted by Gasteiger charge is 2.37. The molecule has 0 aliphatic heterocycles. The number of rotatable bonds is 8. The van der Waals surface area contributed by atoms with Crippen LogP contribution in [0.2, 0.25) is 0 Å². The number of nitrogens with zero attached hydrogens (tertiary/aromatic N) is 1. The predicted molar refractivity (Wildman–Crippen MR) is 75.3 cm³/mol. The summed E-state index contributed by atoms with van der Waals surface area (Å²) in [6, 6.07) is 1.10. The van der Waals surface area contributed by atoms with Crippen LogP contribution >= 0.6 is 0 Å². The molecule has 1 aliphatic rings. The molecule has 0 heterocycles. The van der Waals surface area contributed by atoms with Crippen molar-refractivity contribution in [2.75, 3.05) is 13.6 Å². The van der Waals surface area contributed by atoms with Crippen molar-refractivity contribution in [2.24, 2.45) is 11.7 Å². The van der Waals surface area contributed by atoms with E-state index >= 15 is 0 Å². The first-order valence-corrected chi connectivity index (χ1v) is 7.04. The van der Waals surface area contributed by atoms with Crippen molar-refractivity contribution in [3.63, 3.8) is 0 Å². The Morgan fingerprint density at radius 1 is 1.44 bits per heavy atom. The molecule has 0 spiro atoms. The molecule has 1 aliphatic carbocycles. The fourth-order valence-corrected chi connectivity index (χ4v) is 2.55. The number of nitrogens with two attached hydrogens (primary N) is 1. The lowest BCUT2D eigenvalue weighted by Crippen LogP contribution is -2.55. The Bertz CT molecular complexity index is 289. The summed E-state index contributed by atoms with van der Waals surface area (Å²) in [5.41, 5.74) is 4.90. The van der Waals surface area contributed by atoms with Crippen LogP contribution in [-0.4, -0.2) is 42.0 Å². The predicted octanol–water partition coefficient (Wildman–Crippen LogP) is 1.35. The van der Waals surface area contributed by atoms with Crippen molar-refractivity contribution in [2.45, 2.75) is 64.6 Å². The molecule has 0 radical (unpaired) electrons. The molecule has 1 saturated carbocycles. The molecule has 106 valence electrons.